The maximum atomic E-state index is 12.9. The maximum Gasteiger partial charge on any atom is 0.416 e. The molecule has 1 saturated heterocycles. The zero-order chi connectivity index (χ0) is 19.4. The van der Waals surface area contributed by atoms with E-state index in [0.29, 0.717) is 17.4 Å². The Labute approximate surface area is 159 Å². The molecule has 0 aromatic heterocycles. The molecule has 1 heterocycles. The molecule has 1 aliphatic heterocycles. The lowest BCUT2D eigenvalue weighted by atomic mass is 9.79. The normalized spacial score (nSPS) is 24.8. The van der Waals surface area contributed by atoms with E-state index in [-0.39, 0.29) is 5.92 Å². The molecule has 0 bridgehead atoms. The number of alkyl halides is 3. The van der Waals surface area contributed by atoms with Crippen LogP contribution < -0.4 is 4.90 Å². The van der Waals surface area contributed by atoms with Gasteiger partial charge in [-0.1, -0.05) is 6.07 Å². The van der Waals surface area contributed by atoms with Gasteiger partial charge in [0.05, 0.1) is 5.56 Å². The SMILES string of the molecule is CC(=O)C1CCC(CCN2CCN(c3cccc(C(F)(F)F)c3)CC2)CC1. The van der Waals surface area contributed by atoms with Crippen LogP contribution in [0.3, 0.4) is 0 Å². The zero-order valence-corrected chi connectivity index (χ0v) is 16.0. The largest absolute Gasteiger partial charge is 0.416 e. The maximum absolute atomic E-state index is 12.9. The van der Waals surface area contributed by atoms with E-state index in [1.54, 1.807) is 13.0 Å². The Kier molecular flexibility index (Phi) is 6.45. The number of piperazine rings is 1. The first-order chi connectivity index (χ1) is 12.8. The van der Waals surface area contributed by atoms with E-state index in [1.807, 2.05) is 4.90 Å². The highest BCUT2D eigenvalue weighted by molar-refractivity contribution is 5.78. The molecule has 1 aromatic rings. The van der Waals surface area contributed by atoms with Gasteiger partial charge in [-0.3, -0.25) is 9.69 Å². The molecule has 1 aromatic carbocycles. The van der Waals surface area contributed by atoms with Gasteiger partial charge in [-0.05, 0) is 69.7 Å². The van der Waals surface area contributed by atoms with Gasteiger partial charge in [0.1, 0.15) is 5.78 Å². The van der Waals surface area contributed by atoms with E-state index >= 15 is 0 Å². The second-order valence-corrected chi connectivity index (χ2v) is 7.99. The molecule has 3 rings (SSSR count). The molecule has 6 heteroatoms. The fourth-order valence-electron chi connectivity index (χ4n) is 4.33. The van der Waals surface area contributed by atoms with Gasteiger partial charge < -0.3 is 4.90 Å². The van der Waals surface area contributed by atoms with E-state index in [2.05, 4.69) is 4.90 Å². The average Bonchev–Trinajstić information content (AvgIpc) is 2.66. The smallest absolute Gasteiger partial charge is 0.369 e. The predicted molar refractivity (Wildman–Crippen MR) is 101 cm³/mol. The van der Waals surface area contributed by atoms with Crippen molar-refractivity contribution in [1.29, 1.82) is 0 Å². The number of halogens is 3. The fraction of sp³-hybridized carbons (Fsp3) is 0.667. The summed E-state index contributed by atoms with van der Waals surface area (Å²) in [6.45, 7) is 6.05. The van der Waals surface area contributed by atoms with Crippen LogP contribution in [0.25, 0.3) is 0 Å². The van der Waals surface area contributed by atoms with Gasteiger partial charge in [0.25, 0.3) is 0 Å². The molecular formula is C21H29F3N2O. The highest BCUT2D eigenvalue weighted by atomic mass is 19.4. The Morgan fingerprint density at radius 2 is 1.74 bits per heavy atom. The number of carbonyl (C=O) groups is 1. The number of nitrogens with zero attached hydrogens (tertiary/aromatic N) is 2. The molecule has 1 aliphatic carbocycles. The summed E-state index contributed by atoms with van der Waals surface area (Å²) in [6.07, 6.45) is 1.23. The molecule has 1 saturated carbocycles. The van der Waals surface area contributed by atoms with Crippen LogP contribution in [0.4, 0.5) is 18.9 Å². The van der Waals surface area contributed by atoms with E-state index in [0.717, 1.165) is 70.9 Å². The topological polar surface area (TPSA) is 23.6 Å². The summed E-state index contributed by atoms with van der Waals surface area (Å²) in [7, 11) is 0. The molecule has 27 heavy (non-hydrogen) atoms. The Morgan fingerprint density at radius 3 is 2.33 bits per heavy atom. The molecule has 0 spiro atoms. The number of anilines is 1. The molecule has 3 nitrogen and oxygen atoms in total. The van der Waals surface area contributed by atoms with Crippen LogP contribution >= 0.6 is 0 Å². The third kappa shape index (κ3) is 5.47. The summed E-state index contributed by atoms with van der Waals surface area (Å²) in [5.41, 5.74) is 0.0793. The fourth-order valence-corrected chi connectivity index (χ4v) is 4.33. The molecule has 2 fully saturated rings. The van der Waals surface area contributed by atoms with Gasteiger partial charge >= 0.3 is 6.18 Å². The lowest BCUT2D eigenvalue weighted by Crippen LogP contribution is -2.47. The van der Waals surface area contributed by atoms with Crippen LogP contribution in [-0.4, -0.2) is 43.4 Å². The molecule has 0 amide bonds. The van der Waals surface area contributed by atoms with Crippen molar-refractivity contribution in [3.8, 4) is 0 Å². The number of Topliss-reactive ketones (excluding diaryl/α,β-unsaturated/α-hetero) is 1. The molecule has 0 radical (unpaired) electrons. The number of rotatable bonds is 5. The van der Waals surface area contributed by atoms with E-state index in [1.165, 1.54) is 12.1 Å². The highest BCUT2D eigenvalue weighted by Gasteiger charge is 2.31. The van der Waals surface area contributed by atoms with Crippen molar-refractivity contribution in [3.05, 3.63) is 29.8 Å². The van der Waals surface area contributed by atoms with Crippen LogP contribution in [0.2, 0.25) is 0 Å². The van der Waals surface area contributed by atoms with Crippen LogP contribution in [-0.2, 0) is 11.0 Å². The number of benzene rings is 1. The molecule has 0 atom stereocenters. The summed E-state index contributed by atoms with van der Waals surface area (Å²) >= 11 is 0. The first-order valence-corrected chi connectivity index (χ1v) is 9.98. The van der Waals surface area contributed by atoms with Gasteiger partial charge in [0, 0.05) is 37.8 Å². The van der Waals surface area contributed by atoms with Crippen LogP contribution in [0.1, 0.15) is 44.6 Å². The van der Waals surface area contributed by atoms with E-state index in [9.17, 15) is 18.0 Å². The summed E-state index contributed by atoms with van der Waals surface area (Å²) in [4.78, 5) is 15.9. The van der Waals surface area contributed by atoms with Crippen molar-refractivity contribution in [2.45, 2.75) is 45.2 Å². The summed E-state index contributed by atoms with van der Waals surface area (Å²) < 4.78 is 38.7. The number of ketones is 1. The third-order valence-corrected chi connectivity index (χ3v) is 6.19. The standard InChI is InChI=1S/C21H29F3N2O/c1-16(27)18-7-5-17(6-8-18)9-10-25-11-13-26(14-12-25)20-4-2-3-19(15-20)21(22,23)24/h2-4,15,17-18H,5-14H2,1H3. The van der Waals surface area contributed by atoms with E-state index in [4.69, 9.17) is 0 Å². The van der Waals surface area contributed by atoms with Crippen molar-refractivity contribution in [3.63, 3.8) is 0 Å². The van der Waals surface area contributed by atoms with Crippen LogP contribution in [0.5, 0.6) is 0 Å². The Morgan fingerprint density at radius 1 is 1.07 bits per heavy atom. The van der Waals surface area contributed by atoms with Crippen molar-refractivity contribution in [1.82, 2.24) is 4.90 Å². The van der Waals surface area contributed by atoms with Gasteiger partial charge in [-0.25, -0.2) is 0 Å². The number of hydrogen-bond donors (Lipinski definition) is 0. The molecule has 0 unspecified atom stereocenters. The Balaban J connectivity index is 1.43. The number of hydrogen-bond acceptors (Lipinski definition) is 3. The molecule has 150 valence electrons. The van der Waals surface area contributed by atoms with Gasteiger partial charge in [-0.2, -0.15) is 13.2 Å². The Bertz CT molecular complexity index is 631. The summed E-state index contributed by atoms with van der Waals surface area (Å²) in [5, 5.41) is 0. The summed E-state index contributed by atoms with van der Waals surface area (Å²) in [6, 6.07) is 5.63. The number of carbonyl (C=O) groups excluding carboxylic acids is 1. The van der Waals surface area contributed by atoms with Crippen molar-refractivity contribution < 1.29 is 18.0 Å². The lowest BCUT2D eigenvalue weighted by molar-refractivity contribution is -0.137. The first kappa shape index (κ1) is 20.2. The first-order valence-electron chi connectivity index (χ1n) is 9.98. The Hall–Kier alpha value is -1.56. The van der Waals surface area contributed by atoms with E-state index < -0.39 is 11.7 Å². The van der Waals surface area contributed by atoms with Crippen molar-refractivity contribution in [2.24, 2.45) is 11.8 Å². The van der Waals surface area contributed by atoms with Crippen molar-refractivity contribution >= 4 is 11.5 Å². The second-order valence-electron chi connectivity index (χ2n) is 7.99. The minimum atomic E-state index is -4.29. The van der Waals surface area contributed by atoms with Gasteiger partial charge in [0.2, 0.25) is 0 Å². The average molecular weight is 382 g/mol. The zero-order valence-electron chi connectivity index (χ0n) is 16.0. The minimum Gasteiger partial charge on any atom is -0.369 e. The summed E-state index contributed by atoms with van der Waals surface area (Å²) in [5.74, 6) is 1.32. The van der Waals surface area contributed by atoms with Gasteiger partial charge in [-0.15, -0.1) is 0 Å². The lowest BCUT2D eigenvalue weighted by Gasteiger charge is -2.37. The van der Waals surface area contributed by atoms with Crippen LogP contribution in [0.15, 0.2) is 24.3 Å². The quantitative estimate of drug-likeness (QED) is 0.743. The third-order valence-electron chi connectivity index (χ3n) is 6.19. The monoisotopic (exact) mass is 382 g/mol. The molecular weight excluding hydrogens is 353 g/mol. The van der Waals surface area contributed by atoms with Crippen LogP contribution in [0, 0.1) is 11.8 Å². The van der Waals surface area contributed by atoms with Crippen molar-refractivity contribution in [2.75, 3.05) is 37.6 Å². The molecule has 0 N–H and O–H groups in total. The second kappa shape index (κ2) is 8.63. The predicted octanol–water partition coefficient (Wildman–Crippen LogP) is 4.61. The van der Waals surface area contributed by atoms with Gasteiger partial charge in [0.15, 0.2) is 0 Å². The minimum absolute atomic E-state index is 0.275. The molecule has 2 aliphatic rings. The highest BCUT2D eigenvalue weighted by Crippen LogP contribution is 2.33.